The third-order valence-corrected chi connectivity index (χ3v) is 3.42. The number of benzene rings is 1. The summed E-state index contributed by atoms with van der Waals surface area (Å²) in [5.74, 6) is -1.27. The number of aromatic nitrogens is 2. The van der Waals surface area contributed by atoms with Crippen molar-refractivity contribution in [1.29, 1.82) is 0 Å². The van der Waals surface area contributed by atoms with E-state index in [1.807, 2.05) is 0 Å². The van der Waals surface area contributed by atoms with E-state index in [2.05, 4.69) is 9.97 Å². The molecule has 8 heteroatoms. The summed E-state index contributed by atoms with van der Waals surface area (Å²) in [4.78, 5) is 17.7. The first kappa shape index (κ1) is 15.4. The van der Waals surface area contributed by atoms with Crippen LogP contribution in [-0.4, -0.2) is 27.3 Å². The standard InChI is InChI=1S/C13H11F3N2O2S/c1-21-12-17-9(10(18-12)11(19)20)6-7-4-2-3-5-8(7)13(14,15)16/h2-5H,6H2,1H3,(H,17,18)(H,19,20). The Morgan fingerprint density at radius 2 is 2.05 bits per heavy atom. The number of hydrogen-bond acceptors (Lipinski definition) is 3. The molecule has 0 amide bonds. The van der Waals surface area contributed by atoms with Crippen LogP contribution in [0.15, 0.2) is 29.4 Å². The van der Waals surface area contributed by atoms with E-state index in [-0.39, 0.29) is 23.4 Å². The van der Waals surface area contributed by atoms with E-state index in [4.69, 9.17) is 5.11 Å². The van der Waals surface area contributed by atoms with Crippen molar-refractivity contribution in [2.45, 2.75) is 17.8 Å². The van der Waals surface area contributed by atoms with Crippen molar-refractivity contribution in [2.75, 3.05) is 6.26 Å². The van der Waals surface area contributed by atoms with Crippen molar-refractivity contribution in [2.24, 2.45) is 0 Å². The molecule has 2 aromatic rings. The number of imidazole rings is 1. The summed E-state index contributed by atoms with van der Waals surface area (Å²) in [5, 5.41) is 9.42. The zero-order valence-corrected chi connectivity index (χ0v) is 11.7. The fourth-order valence-corrected chi connectivity index (χ4v) is 2.34. The largest absolute Gasteiger partial charge is 0.476 e. The van der Waals surface area contributed by atoms with Gasteiger partial charge in [0.2, 0.25) is 0 Å². The summed E-state index contributed by atoms with van der Waals surface area (Å²) in [7, 11) is 0. The lowest BCUT2D eigenvalue weighted by Crippen LogP contribution is -2.10. The van der Waals surface area contributed by atoms with Crippen LogP contribution >= 0.6 is 11.8 Å². The second-order valence-corrected chi connectivity index (χ2v) is 5.01. The van der Waals surface area contributed by atoms with Crippen LogP contribution in [0.2, 0.25) is 0 Å². The quantitative estimate of drug-likeness (QED) is 0.848. The molecule has 1 heterocycles. The number of H-pyrrole nitrogens is 1. The monoisotopic (exact) mass is 316 g/mol. The van der Waals surface area contributed by atoms with E-state index in [1.165, 1.54) is 30.0 Å². The third kappa shape index (κ3) is 3.38. The molecular weight excluding hydrogens is 305 g/mol. The van der Waals surface area contributed by atoms with Crippen molar-refractivity contribution < 1.29 is 23.1 Å². The smallest absolute Gasteiger partial charge is 0.416 e. The number of carboxylic acid groups (broad SMARTS) is 1. The van der Waals surface area contributed by atoms with Crippen LogP contribution in [0, 0.1) is 0 Å². The Balaban J connectivity index is 2.44. The van der Waals surface area contributed by atoms with E-state index in [0.717, 1.165) is 6.07 Å². The van der Waals surface area contributed by atoms with Crippen LogP contribution in [0.1, 0.15) is 27.3 Å². The molecule has 2 rings (SSSR count). The molecule has 1 aromatic heterocycles. The van der Waals surface area contributed by atoms with Crippen LogP contribution in [0.3, 0.4) is 0 Å². The number of halogens is 3. The molecular formula is C13H11F3N2O2S. The Morgan fingerprint density at radius 1 is 1.38 bits per heavy atom. The molecule has 1 aromatic carbocycles. The maximum Gasteiger partial charge on any atom is 0.416 e. The Morgan fingerprint density at radius 3 is 2.62 bits per heavy atom. The fourth-order valence-electron chi connectivity index (χ4n) is 1.93. The van der Waals surface area contributed by atoms with E-state index < -0.39 is 17.7 Å². The number of carboxylic acids is 1. The molecule has 0 aliphatic rings. The summed E-state index contributed by atoms with van der Waals surface area (Å²) in [5.41, 5.74) is -0.870. The van der Waals surface area contributed by atoms with Gasteiger partial charge in [-0.2, -0.15) is 13.2 Å². The number of alkyl halides is 3. The number of aromatic carboxylic acids is 1. The first-order valence-electron chi connectivity index (χ1n) is 5.84. The van der Waals surface area contributed by atoms with Gasteiger partial charge in [-0.25, -0.2) is 9.78 Å². The van der Waals surface area contributed by atoms with Gasteiger partial charge in [0.05, 0.1) is 11.3 Å². The number of carbonyl (C=O) groups is 1. The minimum Gasteiger partial charge on any atom is -0.476 e. The normalized spacial score (nSPS) is 11.6. The summed E-state index contributed by atoms with van der Waals surface area (Å²) >= 11 is 1.19. The molecule has 0 radical (unpaired) electrons. The molecule has 0 saturated heterocycles. The average Bonchev–Trinajstić information content (AvgIpc) is 2.81. The Bertz CT molecular complexity index is 668. The molecule has 2 N–H and O–H groups in total. The minimum absolute atomic E-state index is 0.00352. The molecule has 112 valence electrons. The van der Waals surface area contributed by atoms with Crippen molar-refractivity contribution in [3.63, 3.8) is 0 Å². The minimum atomic E-state index is -4.48. The SMILES string of the molecule is CSc1nc(C(=O)O)c(Cc2ccccc2C(F)(F)F)[nH]1. The average molecular weight is 316 g/mol. The van der Waals surface area contributed by atoms with Gasteiger partial charge in [0.15, 0.2) is 10.9 Å². The highest BCUT2D eigenvalue weighted by Crippen LogP contribution is 2.33. The molecule has 0 aliphatic heterocycles. The van der Waals surface area contributed by atoms with Gasteiger partial charge in [-0.1, -0.05) is 30.0 Å². The maximum atomic E-state index is 12.9. The third-order valence-electron chi connectivity index (χ3n) is 2.84. The Labute approximate surface area is 122 Å². The van der Waals surface area contributed by atoms with Gasteiger partial charge in [-0.05, 0) is 17.9 Å². The lowest BCUT2D eigenvalue weighted by Gasteiger charge is -2.12. The Hall–Kier alpha value is -1.96. The molecule has 0 aliphatic carbocycles. The van der Waals surface area contributed by atoms with Gasteiger partial charge in [-0.3, -0.25) is 0 Å². The van der Waals surface area contributed by atoms with Gasteiger partial charge >= 0.3 is 12.1 Å². The molecule has 4 nitrogen and oxygen atoms in total. The predicted molar refractivity (Wildman–Crippen MR) is 71.6 cm³/mol. The molecule has 0 fully saturated rings. The van der Waals surface area contributed by atoms with Crippen molar-refractivity contribution in [1.82, 2.24) is 9.97 Å². The van der Waals surface area contributed by atoms with Crippen LogP contribution in [0.4, 0.5) is 13.2 Å². The summed E-state index contributed by atoms with van der Waals surface area (Å²) in [6, 6.07) is 5.08. The summed E-state index contributed by atoms with van der Waals surface area (Å²) in [6.07, 6.45) is -2.97. The highest BCUT2D eigenvalue weighted by Gasteiger charge is 2.33. The molecule has 0 bridgehead atoms. The zero-order valence-electron chi connectivity index (χ0n) is 10.9. The number of nitrogens with one attached hydrogen (secondary N) is 1. The van der Waals surface area contributed by atoms with E-state index in [9.17, 15) is 18.0 Å². The highest BCUT2D eigenvalue weighted by atomic mass is 32.2. The van der Waals surface area contributed by atoms with Gasteiger partial charge < -0.3 is 10.1 Å². The van der Waals surface area contributed by atoms with Gasteiger partial charge in [0.25, 0.3) is 0 Å². The van der Waals surface area contributed by atoms with E-state index >= 15 is 0 Å². The maximum absolute atomic E-state index is 12.9. The molecule has 21 heavy (non-hydrogen) atoms. The zero-order chi connectivity index (χ0) is 15.6. The summed E-state index contributed by atoms with van der Waals surface area (Å²) < 4.78 is 38.8. The molecule has 0 spiro atoms. The number of nitrogens with zero attached hydrogens (tertiary/aromatic N) is 1. The number of rotatable bonds is 4. The van der Waals surface area contributed by atoms with Gasteiger partial charge in [0, 0.05) is 6.42 Å². The van der Waals surface area contributed by atoms with Crippen LogP contribution < -0.4 is 0 Å². The van der Waals surface area contributed by atoms with Crippen LogP contribution in [-0.2, 0) is 12.6 Å². The Kier molecular flexibility index (Phi) is 4.26. The second-order valence-electron chi connectivity index (χ2n) is 4.21. The number of aromatic amines is 1. The predicted octanol–water partition coefficient (Wildman–Crippen LogP) is 3.44. The first-order chi connectivity index (χ1) is 9.82. The number of hydrogen-bond donors (Lipinski definition) is 2. The lowest BCUT2D eigenvalue weighted by molar-refractivity contribution is -0.138. The highest BCUT2D eigenvalue weighted by molar-refractivity contribution is 7.98. The lowest BCUT2D eigenvalue weighted by atomic mass is 10.0. The number of thioether (sulfide) groups is 1. The van der Waals surface area contributed by atoms with E-state index in [0.29, 0.717) is 5.16 Å². The topological polar surface area (TPSA) is 66.0 Å². The fraction of sp³-hybridized carbons (Fsp3) is 0.231. The second kappa shape index (κ2) is 5.80. The molecule has 0 atom stereocenters. The van der Waals surface area contributed by atoms with Gasteiger partial charge in [0.1, 0.15) is 0 Å². The van der Waals surface area contributed by atoms with E-state index in [1.54, 1.807) is 6.26 Å². The van der Waals surface area contributed by atoms with Crippen LogP contribution in [0.25, 0.3) is 0 Å². The van der Waals surface area contributed by atoms with Crippen molar-refractivity contribution in [3.05, 3.63) is 46.8 Å². The molecule has 0 saturated carbocycles. The first-order valence-corrected chi connectivity index (χ1v) is 7.06. The van der Waals surface area contributed by atoms with Crippen molar-refractivity contribution >= 4 is 17.7 Å². The summed E-state index contributed by atoms with van der Waals surface area (Å²) in [6.45, 7) is 0. The van der Waals surface area contributed by atoms with Crippen LogP contribution in [0.5, 0.6) is 0 Å². The molecule has 0 unspecified atom stereocenters. The van der Waals surface area contributed by atoms with Crippen molar-refractivity contribution in [3.8, 4) is 0 Å². The van der Waals surface area contributed by atoms with Gasteiger partial charge in [-0.15, -0.1) is 0 Å².